The van der Waals surface area contributed by atoms with E-state index in [-0.39, 0.29) is 0 Å². The summed E-state index contributed by atoms with van der Waals surface area (Å²) in [5.41, 5.74) is 6.22. The van der Waals surface area contributed by atoms with E-state index in [2.05, 4.69) is 13.5 Å². The maximum absolute atomic E-state index is 5.31. The van der Waals surface area contributed by atoms with Crippen LogP contribution in [0.4, 0.5) is 0 Å². The Morgan fingerprint density at radius 3 is 2.56 bits per heavy atom. The van der Waals surface area contributed by atoms with Crippen molar-refractivity contribution in [2.45, 2.75) is 26.2 Å². The molecular formula is C7H13NS. The van der Waals surface area contributed by atoms with Gasteiger partial charge in [0.25, 0.3) is 0 Å². The second-order valence-electron chi connectivity index (χ2n) is 2.07. The zero-order valence-corrected chi connectivity index (χ0v) is 6.63. The highest BCUT2D eigenvalue weighted by Crippen LogP contribution is 2.03. The monoisotopic (exact) mass is 143 g/mol. The number of hydrogen-bond donors (Lipinski definition) is 1. The summed E-state index contributed by atoms with van der Waals surface area (Å²) >= 11 is 4.71. The van der Waals surface area contributed by atoms with Gasteiger partial charge < -0.3 is 5.73 Å². The molecule has 0 aromatic carbocycles. The predicted molar refractivity (Wildman–Crippen MR) is 45.5 cm³/mol. The van der Waals surface area contributed by atoms with Gasteiger partial charge in [0, 0.05) is 0 Å². The third kappa shape index (κ3) is 4.15. The molecule has 0 saturated heterocycles. The maximum atomic E-state index is 5.31. The molecule has 52 valence electrons. The minimum atomic E-state index is 0.462. The number of hydrogen-bond acceptors (Lipinski definition) is 1. The van der Waals surface area contributed by atoms with E-state index in [9.17, 15) is 0 Å². The van der Waals surface area contributed by atoms with Crippen molar-refractivity contribution in [3.8, 4) is 0 Å². The largest absolute Gasteiger partial charge is 0.390 e. The SMILES string of the molecule is C=C(CCCC)C(N)=S. The molecule has 0 atom stereocenters. The third-order valence-electron chi connectivity index (χ3n) is 1.18. The van der Waals surface area contributed by atoms with Gasteiger partial charge in [0.1, 0.15) is 0 Å². The van der Waals surface area contributed by atoms with Crippen LogP contribution in [0.3, 0.4) is 0 Å². The summed E-state index contributed by atoms with van der Waals surface area (Å²) < 4.78 is 0. The minimum absolute atomic E-state index is 0.462. The molecule has 0 rings (SSSR count). The van der Waals surface area contributed by atoms with Gasteiger partial charge in [0.15, 0.2) is 0 Å². The number of nitrogens with two attached hydrogens (primary N) is 1. The molecular weight excluding hydrogens is 130 g/mol. The van der Waals surface area contributed by atoms with Crippen LogP contribution in [-0.4, -0.2) is 4.99 Å². The van der Waals surface area contributed by atoms with Crippen LogP contribution in [0.2, 0.25) is 0 Å². The summed E-state index contributed by atoms with van der Waals surface area (Å²) in [5.74, 6) is 0. The van der Waals surface area contributed by atoms with Crippen molar-refractivity contribution in [3.63, 3.8) is 0 Å². The molecule has 9 heavy (non-hydrogen) atoms. The molecule has 1 nitrogen and oxygen atoms in total. The molecule has 0 fully saturated rings. The Morgan fingerprint density at radius 1 is 1.67 bits per heavy atom. The van der Waals surface area contributed by atoms with Crippen molar-refractivity contribution >= 4 is 17.2 Å². The summed E-state index contributed by atoms with van der Waals surface area (Å²) in [6.07, 6.45) is 3.25. The summed E-state index contributed by atoms with van der Waals surface area (Å²) in [6, 6.07) is 0. The van der Waals surface area contributed by atoms with Gasteiger partial charge in [-0.1, -0.05) is 32.1 Å². The molecule has 0 spiro atoms. The van der Waals surface area contributed by atoms with E-state index < -0.39 is 0 Å². The van der Waals surface area contributed by atoms with E-state index in [1.165, 1.54) is 6.42 Å². The van der Waals surface area contributed by atoms with Crippen LogP contribution in [0.15, 0.2) is 12.2 Å². The van der Waals surface area contributed by atoms with Crippen LogP contribution < -0.4 is 5.73 Å². The van der Waals surface area contributed by atoms with Crippen molar-refractivity contribution < 1.29 is 0 Å². The van der Waals surface area contributed by atoms with E-state index in [1.54, 1.807) is 0 Å². The predicted octanol–water partition coefficient (Wildman–Crippen LogP) is 2.02. The van der Waals surface area contributed by atoms with Gasteiger partial charge in [-0.15, -0.1) is 0 Å². The van der Waals surface area contributed by atoms with Gasteiger partial charge in [0.05, 0.1) is 4.99 Å². The van der Waals surface area contributed by atoms with Gasteiger partial charge in [0.2, 0.25) is 0 Å². The molecule has 2 N–H and O–H groups in total. The van der Waals surface area contributed by atoms with E-state index in [0.717, 1.165) is 18.4 Å². The van der Waals surface area contributed by atoms with Crippen LogP contribution in [0.1, 0.15) is 26.2 Å². The van der Waals surface area contributed by atoms with E-state index in [1.807, 2.05) is 0 Å². The van der Waals surface area contributed by atoms with Gasteiger partial charge in [-0.05, 0) is 18.4 Å². The number of rotatable bonds is 4. The Balaban J connectivity index is 3.39. The summed E-state index contributed by atoms with van der Waals surface area (Å²) in [5, 5.41) is 0. The van der Waals surface area contributed by atoms with Crippen LogP contribution in [0, 0.1) is 0 Å². The van der Waals surface area contributed by atoms with E-state index >= 15 is 0 Å². The topological polar surface area (TPSA) is 26.0 Å². The molecule has 0 aromatic heterocycles. The first-order valence-electron chi connectivity index (χ1n) is 3.16. The molecule has 0 aliphatic carbocycles. The molecule has 0 heterocycles. The second-order valence-corrected chi connectivity index (χ2v) is 2.51. The van der Waals surface area contributed by atoms with Gasteiger partial charge in [-0.2, -0.15) is 0 Å². The highest BCUT2D eigenvalue weighted by atomic mass is 32.1. The Labute approximate surface area is 61.9 Å². The van der Waals surface area contributed by atoms with Crippen LogP contribution in [0.5, 0.6) is 0 Å². The molecule has 0 aliphatic heterocycles. The smallest absolute Gasteiger partial charge is 0.0988 e. The van der Waals surface area contributed by atoms with Crippen molar-refractivity contribution in [3.05, 3.63) is 12.2 Å². The lowest BCUT2D eigenvalue weighted by atomic mass is 10.1. The van der Waals surface area contributed by atoms with Crippen LogP contribution in [-0.2, 0) is 0 Å². The maximum Gasteiger partial charge on any atom is 0.0988 e. The molecule has 0 saturated carbocycles. The molecule has 0 unspecified atom stereocenters. The Kier molecular flexibility index (Phi) is 4.32. The standard InChI is InChI=1S/C7H13NS/c1-3-4-5-6(2)7(8)9/h2-5H2,1H3,(H2,8,9). The van der Waals surface area contributed by atoms with E-state index in [4.69, 9.17) is 18.0 Å². The zero-order valence-electron chi connectivity index (χ0n) is 5.81. The van der Waals surface area contributed by atoms with Crippen molar-refractivity contribution in [2.75, 3.05) is 0 Å². The molecule has 0 amide bonds. The zero-order chi connectivity index (χ0) is 7.28. The van der Waals surface area contributed by atoms with Crippen LogP contribution >= 0.6 is 12.2 Å². The number of thiocarbonyl (C=S) groups is 1. The Bertz CT molecular complexity index is 118. The first-order chi connectivity index (χ1) is 4.18. The fourth-order valence-corrected chi connectivity index (χ4v) is 0.615. The first-order valence-corrected chi connectivity index (χ1v) is 3.57. The van der Waals surface area contributed by atoms with Crippen molar-refractivity contribution in [2.24, 2.45) is 5.73 Å². The normalized spacial score (nSPS) is 9.00. The summed E-state index contributed by atoms with van der Waals surface area (Å²) in [7, 11) is 0. The molecule has 0 bridgehead atoms. The average Bonchev–Trinajstić information content (AvgIpc) is 1.82. The Morgan fingerprint density at radius 2 is 2.22 bits per heavy atom. The first kappa shape index (κ1) is 8.63. The quantitative estimate of drug-likeness (QED) is 0.481. The van der Waals surface area contributed by atoms with Gasteiger partial charge in [-0.25, -0.2) is 0 Å². The van der Waals surface area contributed by atoms with Crippen molar-refractivity contribution in [1.82, 2.24) is 0 Å². The minimum Gasteiger partial charge on any atom is -0.390 e. The fraction of sp³-hybridized carbons (Fsp3) is 0.571. The lowest BCUT2D eigenvalue weighted by Gasteiger charge is -1.99. The van der Waals surface area contributed by atoms with Crippen LogP contribution in [0.25, 0.3) is 0 Å². The molecule has 0 radical (unpaired) electrons. The highest BCUT2D eigenvalue weighted by Gasteiger charge is 1.94. The molecule has 0 aromatic rings. The lowest BCUT2D eigenvalue weighted by Crippen LogP contribution is -2.09. The average molecular weight is 143 g/mol. The molecule has 2 heteroatoms. The highest BCUT2D eigenvalue weighted by molar-refractivity contribution is 7.80. The third-order valence-corrected chi connectivity index (χ3v) is 1.47. The van der Waals surface area contributed by atoms with Gasteiger partial charge in [-0.3, -0.25) is 0 Å². The van der Waals surface area contributed by atoms with E-state index in [0.29, 0.717) is 4.99 Å². The van der Waals surface area contributed by atoms with Crippen molar-refractivity contribution in [1.29, 1.82) is 0 Å². The number of unbranched alkanes of at least 4 members (excludes halogenated alkanes) is 1. The lowest BCUT2D eigenvalue weighted by molar-refractivity contribution is 0.805. The summed E-state index contributed by atoms with van der Waals surface area (Å²) in [4.78, 5) is 0.462. The fourth-order valence-electron chi connectivity index (χ4n) is 0.513. The summed E-state index contributed by atoms with van der Waals surface area (Å²) in [6.45, 7) is 5.86. The molecule has 0 aliphatic rings. The Hall–Kier alpha value is -0.370. The second kappa shape index (κ2) is 4.50. The van der Waals surface area contributed by atoms with Gasteiger partial charge >= 0.3 is 0 Å².